The van der Waals surface area contributed by atoms with Gasteiger partial charge in [0.25, 0.3) is 0 Å². The third-order valence-corrected chi connectivity index (χ3v) is 4.62. The Labute approximate surface area is 166 Å². The van der Waals surface area contributed by atoms with Crippen molar-refractivity contribution in [1.29, 1.82) is 0 Å². The smallest absolute Gasteiger partial charge is 0.337 e. The quantitative estimate of drug-likeness (QED) is 0.563. The molecule has 1 atom stereocenters. The highest BCUT2D eigenvalue weighted by molar-refractivity contribution is 6.31. The molecule has 146 valence electrons. The highest BCUT2D eigenvalue weighted by atomic mass is 35.5. The van der Waals surface area contributed by atoms with Gasteiger partial charge in [-0.1, -0.05) is 11.6 Å². The van der Waals surface area contributed by atoms with Crippen molar-refractivity contribution in [3.05, 3.63) is 53.1 Å². The molecular weight excluding hydrogens is 386 g/mol. The molecule has 1 saturated heterocycles. The summed E-state index contributed by atoms with van der Waals surface area (Å²) in [5.74, 6) is -1.08. The maximum absolute atomic E-state index is 12.5. The molecule has 0 aromatic heterocycles. The van der Waals surface area contributed by atoms with Crippen molar-refractivity contribution in [1.82, 2.24) is 0 Å². The number of nitrogens with zero attached hydrogens (tertiary/aromatic N) is 1. The molecule has 0 aliphatic carbocycles. The van der Waals surface area contributed by atoms with Gasteiger partial charge in [-0.25, -0.2) is 4.79 Å². The number of hydrogen-bond acceptors (Lipinski definition) is 6. The van der Waals surface area contributed by atoms with E-state index in [1.54, 1.807) is 18.2 Å². The number of hydrogen-bond donors (Lipinski definition) is 0. The molecule has 1 aliphatic heterocycles. The number of rotatable bonds is 5. The lowest BCUT2D eigenvalue weighted by Crippen LogP contribution is -2.27. The number of carbonyl (C=O) groups excluding carboxylic acids is 3. The Hall–Kier alpha value is -3.06. The van der Waals surface area contributed by atoms with E-state index in [-0.39, 0.29) is 24.6 Å². The molecule has 0 saturated carbocycles. The summed E-state index contributed by atoms with van der Waals surface area (Å²) in [6.45, 7) is 0.161. The Kier molecular flexibility index (Phi) is 5.84. The molecule has 2 aromatic carbocycles. The fourth-order valence-electron chi connectivity index (χ4n) is 2.95. The summed E-state index contributed by atoms with van der Waals surface area (Å²) >= 11 is 6.03. The molecule has 2 aromatic rings. The first kappa shape index (κ1) is 19.7. The van der Waals surface area contributed by atoms with Gasteiger partial charge in [0.2, 0.25) is 5.91 Å². The van der Waals surface area contributed by atoms with Gasteiger partial charge in [0.1, 0.15) is 11.5 Å². The molecule has 1 fully saturated rings. The third-order valence-electron chi connectivity index (χ3n) is 4.38. The number of carbonyl (C=O) groups is 3. The van der Waals surface area contributed by atoms with Gasteiger partial charge < -0.3 is 19.1 Å². The zero-order valence-corrected chi connectivity index (χ0v) is 16.1. The lowest BCUT2D eigenvalue weighted by Gasteiger charge is -2.19. The molecule has 0 spiro atoms. The standard InChI is InChI=1S/C20H18ClNO6/c1-26-17-8-5-14(21)10-16(17)22-11-13(9-18(22)23)20(25)28-15-6-3-12(4-7-15)19(24)27-2/h3-8,10,13H,9,11H2,1-2H3/t13-/m0/s1. The van der Waals surface area contributed by atoms with Crippen molar-refractivity contribution < 1.29 is 28.6 Å². The summed E-state index contributed by atoms with van der Waals surface area (Å²) in [6, 6.07) is 10.9. The largest absolute Gasteiger partial charge is 0.495 e. The topological polar surface area (TPSA) is 82.1 Å². The molecule has 0 N–H and O–H groups in total. The SMILES string of the molecule is COC(=O)c1ccc(OC(=O)[C@H]2CC(=O)N(c3cc(Cl)ccc3OC)C2)cc1. The molecule has 28 heavy (non-hydrogen) atoms. The van der Waals surface area contributed by atoms with Crippen molar-refractivity contribution in [3.8, 4) is 11.5 Å². The minimum absolute atomic E-state index is 0.0226. The van der Waals surface area contributed by atoms with E-state index in [1.807, 2.05) is 0 Å². The zero-order chi connectivity index (χ0) is 20.3. The van der Waals surface area contributed by atoms with Gasteiger partial charge in [0, 0.05) is 18.0 Å². The summed E-state index contributed by atoms with van der Waals surface area (Å²) in [6.07, 6.45) is 0.0226. The normalized spacial score (nSPS) is 16.0. The third kappa shape index (κ3) is 4.09. The van der Waals surface area contributed by atoms with E-state index in [0.717, 1.165) is 0 Å². The van der Waals surface area contributed by atoms with Crippen molar-refractivity contribution >= 4 is 35.1 Å². The van der Waals surface area contributed by atoms with Gasteiger partial charge in [0.05, 0.1) is 31.4 Å². The molecule has 0 bridgehead atoms. The molecule has 0 radical (unpaired) electrons. The number of methoxy groups -OCH3 is 2. The Morgan fingerprint density at radius 2 is 1.82 bits per heavy atom. The first-order chi connectivity index (χ1) is 13.4. The fourth-order valence-corrected chi connectivity index (χ4v) is 3.12. The van der Waals surface area contributed by atoms with Gasteiger partial charge >= 0.3 is 11.9 Å². The number of esters is 2. The first-order valence-electron chi connectivity index (χ1n) is 8.47. The maximum atomic E-state index is 12.5. The van der Waals surface area contributed by atoms with Crippen molar-refractivity contribution in [3.63, 3.8) is 0 Å². The van der Waals surface area contributed by atoms with Crippen LogP contribution < -0.4 is 14.4 Å². The van der Waals surface area contributed by atoms with Crippen LogP contribution in [0.1, 0.15) is 16.8 Å². The van der Waals surface area contributed by atoms with E-state index < -0.39 is 17.9 Å². The van der Waals surface area contributed by atoms with E-state index in [1.165, 1.54) is 43.4 Å². The number of anilines is 1. The highest BCUT2D eigenvalue weighted by Crippen LogP contribution is 2.35. The predicted octanol–water partition coefficient (Wildman–Crippen LogP) is 3.09. The lowest BCUT2D eigenvalue weighted by atomic mass is 10.1. The number of amides is 1. The Balaban J connectivity index is 1.70. The van der Waals surface area contributed by atoms with Crippen LogP contribution in [0, 0.1) is 5.92 Å². The molecular formula is C20H18ClNO6. The van der Waals surface area contributed by atoms with Crippen LogP contribution in [0.25, 0.3) is 0 Å². The molecule has 1 amide bonds. The summed E-state index contributed by atoms with van der Waals surface area (Å²) in [7, 11) is 2.78. The molecule has 8 heteroatoms. The van der Waals surface area contributed by atoms with Crippen LogP contribution in [-0.2, 0) is 14.3 Å². The van der Waals surface area contributed by atoms with Gasteiger partial charge in [-0.15, -0.1) is 0 Å². The van der Waals surface area contributed by atoms with Gasteiger partial charge in [-0.05, 0) is 42.5 Å². The number of benzene rings is 2. The zero-order valence-electron chi connectivity index (χ0n) is 15.3. The second-order valence-corrected chi connectivity index (χ2v) is 6.60. The number of ether oxygens (including phenoxy) is 3. The summed E-state index contributed by atoms with van der Waals surface area (Å²) in [5.41, 5.74) is 0.857. The predicted molar refractivity (Wildman–Crippen MR) is 102 cm³/mol. The Morgan fingerprint density at radius 1 is 1.11 bits per heavy atom. The van der Waals surface area contributed by atoms with Gasteiger partial charge in [-0.2, -0.15) is 0 Å². The number of halogens is 1. The molecule has 7 nitrogen and oxygen atoms in total. The average Bonchev–Trinajstić information content (AvgIpc) is 3.09. The average molecular weight is 404 g/mol. The fraction of sp³-hybridized carbons (Fsp3) is 0.250. The van der Waals surface area contributed by atoms with Gasteiger partial charge in [-0.3, -0.25) is 9.59 Å². The van der Waals surface area contributed by atoms with Crippen LogP contribution in [0.5, 0.6) is 11.5 Å². The van der Waals surface area contributed by atoms with Crippen LogP contribution in [-0.4, -0.2) is 38.6 Å². The minimum atomic E-state index is -0.628. The van der Waals surface area contributed by atoms with E-state index in [4.69, 9.17) is 21.1 Å². The first-order valence-corrected chi connectivity index (χ1v) is 8.84. The Morgan fingerprint density at radius 3 is 2.46 bits per heavy atom. The van der Waals surface area contributed by atoms with Crippen LogP contribution in [0.2, 0.25) is 5.02 Å². The van der Waals surface area contributed by atoms with E-state index >= 15 is 0 Å². The van der Waals surface area contributed by atoms with Crippen molar-refractivity contribution in [2.75, 3.05) is 25.7 Å². The molecule has 1 heterocycles. The van der Waals surface area contributed by atoms with Crippen LogP contribution in [0.4, 0.5) is 5.69 Å². The maximum Gasteiger partial charge on any atom is 0.337 e. The second-order valence-electron chi connectivity index (χ2n) is 6.16. The second kappa shape index (κ2) is 8.31. The van der Waals surface area contributed by atoms with E-state index in [0.29, 0.717) is 22.0 Å². The lowest BCUT2D eigenvalue weighted by molar-refractivity contribution is -0.139. The van der Waals surface area contributed by atoms with Crippen LogP contribution >= 0.6 is 11.6 Å². The van der Waals surface area contributed by atoms with E-state index in [2.05, 4.69) is 4.74 Å². The van der Waals surface area contributed by atoms with E-state index in [9.17, 15) is 14.4 Å². The summed E-state index contributed by atoms with van der Waals surface area (Å²) in [4.78, 5) is 37.8. The molecule has 0 unspecified atom stereocenters. The van der Waals surface area contributed by atoms with Gasteiger partial charge in [0.15, 0.2) is 0 Å². The molecule has 3 rings (SSSR count). The Bertz CT molecular complexity index is 911. The van der Waals surface area contributed by atoms with Crippen molar-refractivity contribution in [2.45, 2.75) is 6.42 Å². The minimum Gasteiger partial charge on any atom is -0.495 e. The highest BCUT2D eigenvalue weighted by Gasteiger charge is 2.37. The van der Waals surface area contributed by atoms with Crippen LogP contribution in [0.15, 0.2) is 42.5 Å². The summed E-state index contributed by atoms with van der Waals surface area (Å²) < 4.78 is 15.3. The monoisotopic (exact) mass is 403 g/mol. The van der Waals surface area contributed by atoms with Crippen LogP contribution in [0.3, 0.4) is 0 Å². The summed E-state index contributed by atoms with van der Waals surface area (Å²) in [5, 5.41) is 0.459. The molecule has 1 aliphatic rings. The van der Waals surface area contributed by atoms with Crippen molar-refractivity contribution in [2.24, 2.45) is 5.92 Å².